The number of esters is 1. The number of allylic oxidation sites excluding steroid dienone is 12. The summed E-state index contributed by atoms with van der Waals surface area (Å²) in [6, 6.07) is 0. The molecule has 1 atom stereocenters. The maximum absolute atomic E-state index is 13.4. The van der Waals surface area contributed by atoms with E-state index in [-0.39, 0.29) is 5.97 Å². The minimum absolute atomic E-state index is 0.115. The normalized spacial score (nSPS) is 13.2. The molecule has 0 aromatic rings. The molecule has 4 nitrogen and oxygen atoms in total. The second-order valence-electron chi connectivity index (χ2n) is 20.4. The number of nitrogens with zero attached hydrogens (tertiary/aromatic N) is 1. The van der Waals surface area contributed by atoms with Crippen molar-refractivity contribution in [2.45, 2.75) is 302 Å². The van der Waals surface area contributed by atoms with Crippen molar-refractivity contribution < 1.29 is 14.6 Å². The maximum Gasteiger partial charge on any atom is 0.306 e. The zero-order chi connectivity index (χ0) is 48.8. The first-order valence-electron chi connectivity index (χ1n) is 29.4. The third-order valence-electron chi connectivity index (χ3n) is 13.4. The van der Waals surface area contributed by atoms with Crippen LogP contribution in [0, 0.1) is 0 Å². The number of aliphatic hydroxyl groups is 1. The Bertz CT molecular complexity index is 1150. The van der Waals surface area contributed by atoms with Crippen LogP contribution in [0.1, 0.15) is 290 Å². The molecule has 0 spiro atoms. The van der Waals surface area contributed by atoms with Crippen LogP contribution < -0.4 is 0 Å². The van der Waals surface area contributed by atoms with Gasteiger partial charge in [0.05, 0.1) is 0 Å². The molecule has 0 aliphatic rings. The summed E-state index contributed by atoms with van der Waals surface area (Å²) < 4.78 is 6.37. The van der Waals surface area contributed by atoms with Crippen molar-refractivity contribution in [2.75, 3.05) is 20.6 Å². The molecule has 0 aromatic heterocycles. The highest BCUT2D eigenvalue weighted by Crippen LogP contribution is 2.32. The summed E-state index contributed by atoms with van der Waals surface area (Å²) in [6.45, 7) is 7.77. The second kappa shape index (κ2) is 53.2. The number of unbranched alkanes of at least 4 members (excludes halogenated alkanes) is 28. The first-order chi connectivity index (χ1) is 32.9. The molecular formula is C63H115NO3. The lowest BCUT2D eigenvalue weighted by Crippen LogP contribution is -2.45. The third-order valence-corrected chi connectivity index (χ3v) is 13.4. The van der Waals surface area contributed by atoms with Gasteiger partial charge in [0, 0.05) is 6.42 Å². The highest BCUT2D eigenvalue weighted by atomic mass is 16.6. The number of carbonyl (C=O) groups excluding carboxylic acids is 1. The van der Waals surface area contributed by atoms with Gasteiger partial charge in [-0.3, -0.25) is 4.79 Å². The van der Waals surface area contributed by atoms with Crippen molar-refractivity contribution in [1.29, 1.82) is 0 Å². The van der Waals surface area contributed by atoms with Crippen LogP contribution in [0.15, 0.2) is 72.9 Å². The van der Waals surface area contributed by atoms with E-state index in [0.29, 0.717) is 6.42 Å². The molecule has 390 valence electrons. The molecule has 0 saturated carbocycles. The van der Waals surface area contributed by atoms with Crippen molar-refractivity contribution in [3.63, 3.8) is 0 Å². The van der Waals surface area contributed by atoms with Gasteiger partial charge in [-0.15, -0.1) is 0 Å². The number of ether oxygens (including phenoxy) is 1. The van der Waals surface area contributed by atoms with E-state index in [0.717, 1.165) is 96.4 Å². The van der Waals surface area contributed by atoms with Crippen LogP contribution >= 0.6 is 0 Å². The second-order valence-corrected chi connectivity index (χ2v) is 20.4. The zero-order valence-electron chi connectivity index (χ0n) is 45.6. The van der Waals surface area contributed by atoms with E-state index in [1.807, 2.05) is 0 Å². The molecule has 0 aromatic carbocycles. The van der Waals surface area contributed by atoms with Crippen molar-refractivity contribution in [1.82, 2.24) is 4.90 Å². The first-order valence-corrected chi connectivity index (χ1v) is 29.4. The van der Waals surface area contributed by atoms with Gasteiger partial charge in [-0.05, 0) is 155 Å². The zero-order valence-corrected chi connectivity index (χ0v) is 45.6. The quantitative estimate of drug-likeness (QED) is 0.0375. The standard InChI is InChI=1S/C63H115NO3/c1-6-9-12-15-18-21-24-27-30-33-36-39-42-45-48-51-56-61(67-62(65)57-52-55-60-64(4)5)63(66,58-53-49-46-43-40-37-34-31-28-25-22-19-16-13-10-7-2)59-54-50-47-44-41-38-35-32-29-26-23-20-17-14-11-8-3/h18-23,27-32,61,66H,6-17,24-26,33-60H2,1-5H3/b21-18+,22-19+,23-20+,30-27+,31-28+,32-29+. The van der Waals surface area contributed by atoms with Crippen molar-refractivity contribution in [3.8, 4) is 0 Å². The van der Waals surface area contributed by atoms with Crippen LogP contribution in [0.3, 0.4) is 0 Å². The number of hydrogen-bond donors (Lipinski definition) is 1. The van der Waals surface area contributed by atoms with E-state index in [1.165, 1.54) is 173 Å². The number of rotatable bonds is 52. The molecule has 67 heavy (non-hydrogen) atoms. The van der Waals surface area contributed by atoms with Gasteiger partial charge in [0.25, 0.3) is 0 Å². The topological polar surface area (TPSA) is 49.8 Å². The monoisotopic (exact) mass is 934 g/mol. The Kier molecular flexibility index (Phi) is 51.5. The van der Waals surface area contributed by atoms with E-state index in [9.17, 15) is 9.90 Å². The molecule has 0 radical (unpaired) electrons. The van der Waals surface area contributed by atoms with E-state index in [1.54, 1.807) is 0 Å². The largest absolute Gasteiger partial charge is 0.459 e. The van der Waals surface area contributed by atoms with Gasteiger partial charge in [-0.2, -0.15) is 0 Å². The van der Waals surface area contributed by atoms with Crippen LogP contribution in [-0.4, -0.2) is 48.3 Å². The molecule has 1 unspecified atom stereocenters. The molecule has 0 bridgehead atoms. The summed E-state index contributed by atoms with van der Waals surface area (Å²) in [5.74, 6) is -0.115. The molecule has 0 fully saturated rings. The van der Waals surface area contributed by atoms with Gasteiger partial charge in [0.15, 0.2) is 0 Å². The van der Waals surface area contributed by atoms with Crippen LogP contribution in [0.25, 0.3) is 0 Å². The summed E-state index contributed by atoms with van der Waals surface area (Å²) >= 11 is 0. The summed E-state index contributed by atoms with van der Waals surface area (Å²) in [5.41, 5.74) is -0.944. The van der Waals surface area contributed by atoms with Gasteiger partial charge in [0.1, 0.15) is 11.7 Å². The van der Waals surface area contributed by atoms with Crippen LogP contribution in [0.4, 0.5) is 0 Å². The van der Waals surface area contributed by atoms with Gasteiger partial charge >= 0.3 is 5.97 Å². The fraction of sp³-hybridized carbons (Fsp3) is 0.794. The van der Waals surface area contributed by atoms with Crippen LogP contribution in [0.2, 0.25) is 0 Å². The Morgan fingerprint density at radius 1 is 0.418 bits per heavy atom. The predicted octanol–water partition coefficient (Wildman–Crippen LogP) is 20.0. The lowest BCUT2D eigenvalue weighted by atomic mass is 9.82. The molecule has 4 heteroatoms. The van der Waals surface area contributed by atoms with Gasteiger partial charge in [-0.25, -0.2) is 0 Å². The van der Waals surface area contributed by atoms with Crippen LogP contribution in [-0.2, 0) is 9.53 Å². The van der Waals surface area contributed by atoms with E-state index < -0.39 is 11.7 Å². The summed E-state index contributed by atoms with van der Waals surface area (Å²) in [5, 5.41) is 12.6. The molecule has 0 saturated heterocycles. The molecule has 0 amide bonds. The Morgan fingerprint density at radius 3 is 1.07 bits per heavy atom. The summed E-state index contributed by atoms with van der Waals surface area (Å²) in [7, 11) is 4.17. The molecule has 0 rings (SSSR count). The summed E-state index contributed by atoms with van der Waals surface area (Å²) in [6.07, 6.45) is 75.8. The minimum atomic E-state index is -0.944. The molecule has 0 heterocycles. The fourth-order valence-corrected chi connectivity index (χ4v) is 8.96. The lowest BCUT2D eigenvalue weighted by molar-refractivity contribution is -0.169. The van der Waals surface area contributed by atoms with Crippen molar-refractivity contribution in [3.05, 3.63) is 72.9 Å². The fourth-order valence-electron chi connectivity index (χ4n) is 8.96. The highest BCUT2D eigenvalue weighted by molar-refractivity contribution is 5.69. The SMILES string of the molecule is CCCCC/C=C/C/C=C/CCCCCCCCC(OC(=O)CCCCN(C)C)C(O)(CCCCCCCC/C=C/C/C=C/CCCCC)CCCCCCCC/C=C/C/C=C/CCCCC. The van der Waals surface area contributed by atoms with E-state index in [2.05, 4.69) is 113 Å². The van der Waals surface area contributed by atoms with Gasteiger partial charge in [-0.1, -0.05) is 222 Å². The minimum Gasteiger partial charge on any atom is -0.459 e. The van der Waals surface area contributed by atoms with E-state index >= 15 is 0 Å². The average Bonchev–Trinajstić information content (AvgIpc) is 3.32. The Morgan fingerprint density at radius 2 is 0.731 bits per heavy atom. The van der Waals surface area contributed by atoms with Gasteiger partial charge in [0.2, 0.25) is 0 Å². The molecular weight excluding hydrogens is 819 g/mol. The Labute approximate surface area is 419 Å². The number of hydrogen-bond acceptors (Lipinski definition) is 4. The molecule has 1 N–H and O–H groups in total. The van der Waals surface area contributed by atoms with Crippen LogP contribution in [0.5, 0.6) is 0 Å². The highest BCUT2D eigenvalue weighted by Gasteiger charge is 2.38. The average molecular weight is 935 g/mol. The smallest absolute Gasteiger partial charge is 0.306 e. The third kappa shape index (κ3) is 48.6. The number of carbonyl (C=O) groups is 1. The lowest BCUT2D eigenvalue weighted by Gasteiger charge is -2.36. The summed E-state index contributed by atoms with van der Waals surface area (Å²) in [4.78, 5) is 15.6. The Balaban J connectivity index is 5.17. The Hall–Kier alpha value is -2.17. The molecule has 0 aliphatic carbocycles. The van der Waals surface area contributed by atoms with Crippen molar-refractivity contribution in [2.24, 2.45) is 0 Å². The van der Waals surface area contributed by atoms with Crippen molar-refractivity contribution >= 4 is 5.97 Å². The maximum atomic E-state index is 13.4. The van der Waals surface area contributed by atoms with Gasteiger partial charge < -0.3 is 14.7 Å². The molecule has 0 aliphatic heterocycles. The van der Waals surface area contributed by atoms with E-state index in [4.69, 9.17) is 4.74 Å². The first kappa shape index (κ1) is 64.8. The predicted molar refractivity (Wildman–Crippen MR) is 299 cm³/mol.